The number of amidine groups is 1. The van der Waals surface area contributed by atoms with Crippen molar-refractivity contribution in [3.63, 3.8) is 0 Å². The van der Waals surface area contributed by atoms with Crippen molar-refractivity contribution < 1.29 is 9.53 Å². The maximum absolute atomic E-state index is 13.8. The Morgan fingerprint density at radius 1 is 1.05 bits per heavy atom. The fraction of sp³-hybridized carbons (Fsp3) is 0.156. The molecule has 0 radical (unpaired) electrons. The topological polar surface area (TPSA) is 75.5 Å². The third-order valence-corrected chi connectivity index (χ3v) is 8.11. The minimum Gasteiger partial charge on any atom is -0.497 e. The first-order valence-electron chi connectivity index (χ1n) is 13.1. The Bertz CT molecular complexity index is 1750. The molecule has 0 atom stereocenters. The summed E-state index contributed by atoms with van der Waals surface area (Å²) in [6.45, 7) is 4.63. The number of rotatable bonds is 7. The molecule has 1 saturated heterocycles. The number of para-hydroxylation sites is 1. The quantitative estimate of drug-likeness (QED) is 0.227. The molecule has 3 aromatic heterocycles. The van der Waals surface area contributed by atoms with Crippen LogP contribution in [0.2, 0.25) is 0 Å². The van der Waals surface area contributed by atoms with Crippen LogP contribution in [-0.2, 0) is 11.2 Å². The molecular formula is C32H29N5O2S. The minimum atomic E-state index is -0.0419. The molecule has 0 aliphatic carbocycles. The van der Waals surface area contributed by atoms with Crippen molar-refractivity contribution in [1.82, 2.24) is 19.4 Å². The summed E-state index contributed by atoms with van der Waals surface area (Å²) >= 11 is 1.41. The van der Waals surface area contributed by atoms with Crippen molar-refractivity contribution in [2.75, 3.05) is 13.7 Å². The Morgan fingerprint density at radius 3 is 2.62 bits per heavy atom. The summed E-state index contributed by atoms with van der Waals surface area (Å²) in [6.07, 6.45) is 6.50. The average molecular weight is 548 g/mol. The number of nitrogens with zero attached hydrogens (tertiary/aromatic N) is 4. The zero-order valence-electron chi connectivity index (χ0n) is 22.6. The van der Waals surface area contributed by atoms with Crippen molar-refractivity contribution in [2.45, 2.75) is 20.3 Å². The van der Waals surface area contributed by atoms with Gasteiger partial charge in [0.25, 0.3) is 5.91 Å². The number of thioether (sulfide) groups is 1. The van der Waals surface area contributed by atoms with Crippen LogP contribution in [0.1, 0.15) is 22.5 Å². The van der Waals surface area contributed by atoms with E-state index in [1.807, 2.05) is 66.9 Å². The van der Waals surface area contributed by atoms with Gasteiger partial charge in [-0.3, -0.25) is 9.69 Å². The van der Waals surface area contributed by atoms with Gasteiger partial charge >= 0.3 is 0 Å². The number of aliphatic imine (C=N–C) groups is 1. The number of H-pyrrole nitrogens is 1. The van der Waals surface area contributed by atoms with E-state index in [4.69, 9.17) is 9.73 Å². The molecule has 0 unspecified atom stereocenters. The van der Waals surface area contributed by atoms with Crippen LogP contribution in [0.15, 0.2) is 95.1 Å². The maximum Gasteiger partial charge on any atom is 0.266 e. The molecule has 1 aliphatic rings. The summed E-state index contributed by atoms with van der Waals surface area (Å²) < 4.78 is 7.40. The molecule has 40 heavy (non-hydrogen) atoms. The number of aryl methyl sites for hydroxylation is 1. The van der Waals surface area contributed by atoms with Gasteiger partial charge in [0.15, 0.2) is 5.17 Å². The number of hydrogen-bond acceptors (Lipinski definition) is 5. The number of ether oxygens (including phenoxy) is 1. The predicted molar refractivity (Wildman–Crippen MR) is 162 cm³/mol. The Labute approximate surface area is 237 Å². The van der Waals surface area contributed by atoms with Gasteiger partial charge in [0.05, 0.1) is 17.7 Å². The molecule has 4 heterocycles. The minimum absolute atomic E-state index is 0.0419. The van der Waals surface area contributed by atoms with Crippen molar-refractivity contribution in [1.29, 1.82) is 0 Å². The summed E-state index contributed by atoms with van der Waals surface area (Å²) in [6, 6.07) is 23.7. The summed E-state index contributed by atoms with van der Waals surface area (Å²) in [5.41, 5.74) is 6.11. The summed E-state index contributed by atoms with van der Waals surface area (Å²) in [4.78, 5) is 29.0. The van der Waals surface area contributed by atoms with Gasteiger partial charge in [-0.2, -0.15) is 0 Å². The first-order chi connectivity index (χ1) is 19.5. The molecule has 8 heteroatoms. The van der Waals surface area contributed by atoms with Gasteiger partial charge in [0.1, 0.15) is 11.6 Å². The molecule has 0 saturated carbocycles. The van der Waals surface area contributed by atoms with E-state index in [0.29, 0.717) is 23.0 Å². The molecule has 0 bridgehead atoms. The molecule has 1 aliphatic heterocycles. The van der Waals surface area contributed by atoms with Crippen LogP contribution in [0.25, 0.3) is 22.8 Å². The lowest BCUT2D eigenvalue weighted by atomic mass is 10.1. The largest absolute Gasteiger partial charge is 0.497 e. The highest BCUT2D eigenvalue weighted by atomic mass is 32.2. The van der Waals surface area contributed by atoms with E-state index in [2.05, 4.69) is 46.6 Å². The second kappa shape index (κ2) is 10.9. The number of benzene rings is 2. The highest BCUT2D eigenvalue weighted by Gasteiger charge is 2.33. The molecule has 1 N–H and O–H groups in total. The molecule has 200 valence electrons. The molecule has 6 rings (SSSR count). The lowest BCUT2D eigenvalue weighted by Crippen LogP contribution is -2.31. The number of fused-ring (bicyclic) bond motifs is 1. The SMILES string of the molecule is COc1ccc(N=C2SC(=Cc3cc(C)n(-c4ccccn4)c3C)C(=O)N2CCc2c[nH]c3ccccc23)cc1. The normalized spacial score (nSPS) is 15.6. The van der Waals surface area contributed by atoms with Crippen LogP contribution < -0.4 is 4.74 Å². The zero-order valence-corrected chi connectivity index (χ0v) is 23.4. The predicted octanol–water partition coefficient (Wildman–Crippen LogP) is 6.83. The Balaban J connectivity index is 1.34. The number of hydrogen-bond donors (Lipinski definition) is 1. The number of pyridine rings is 1. The highest BCUT2D eigenvalue weighted by molar-refractivity contribution is 8.18. The van der Waals surface area contributed by atoms with Gasteiger partial charge in [-0.25, -0.2) is 9.98 Å². The lowest BCUT2D eigenvalue weighted by Gasteiger charge is -2.15. The van der Waals surface area contributed by atoms with Crippen LogP contribution in [0.4, 0.5) is 5.69 Å². The summed E-state index contributed by atoms with van der Waals surface area (Å²) in [5, 5.41) is 1.84. The highest BCUT2D eigenvalue weighted by Crippen LogP contribution is 2.36. The number of amides is 1. The van der Waals surface area contributed by atoms with Crippen LogP contribution in [-0.4, -0.2) is 44.2 Å². The molecule has 0 spiro atoms. The Morgan fingerprint density at radius 2 is 1.85 bits per heavy atom. The summed E-state index contributed by atoms with van der Waals surface area (Å²) in [5.74, 6) is 1.58. The van der Waals surface area contributed by atoms with E-state index < -0.39 is 0 Å². The first kappa shape index (κ1) is 25.7. The molecule has 1 amide bonds. The second-order valence-electron chi connectivity index (χ2n) is 9.62. The van der Waals surface area contributed by atoms with E-state index >= 15 is 0 Å². The number of carbonyl (C=O) groups is 1. The van der Waals surface area contributed by atoms with Gasteiger partial charge in [0.2, 0.25) is 0 Å². The van der Waals surface area contributed by atoms with E-state index in [-0.39, 0.29) is 5.91 Å². The first-order valence-corrected chi connectivity index (χ1v) is 13.9. The number of methoxy groups -OCH3 is 1. The Kier molecular flexibility index (Phi) is 7.00. The van der Waals surface area contributed by atoms with Gasteiger partial charge in [-0.05, 0) is 97.8 Å². The number of carbonyl (C=O) groups excluding carboxylic acids is 1. The molecule has 5 aromatic rings. The Hall–Kier alpha value is -4.56. The van der Waals surface area contributed by atoms with Crippen molar-refractivity contribution in [3.8, 4) is 11.6 Å². The molecule has 7 nitrogen and oxygen atoms in total. The fourth-order valence-corrected chi connectivity index (χ4v) is 6.06. The third kappa shape index (κ3) is 4.94. The van der Waals surface area contributed by atoms with E-state index in [1.54, 1.807) is 18.2 Å². The standard InChI is InChI=1S/C32H29N5O2S/c1-21-18-24(22(2)37(21)30-10-6-7-16-33-30)19-29-31(38)36(17-15-23-20-34-28-9-5-4-8-27(23)28)32(40-29)35-25-11-13-26(39-3)14-12-25/h4-14,16,18-20,34H,15,17H2,1-3H3. The monoisotopic (exact) mass is 547 g/mol. The third-order valence-electron chi connectivity index (χ3n) is 7.10. The zero-order chi connectivity index (χ0) is 27.6. The van der Waals surface area contributed by atoms with Crippen molar-refractivity contribution in [3.05, 3.63) is 113 Å². The van der Waals surface area contributed by atoms with Gasteiger partial charge in [0, 0.05) is 41.2 Å². The average Bonchev–Trinajstić information content (AvgIpc) is 3.61. The molecule has 1 fully saturated rings. The maximum atomic E-state index is 13.8. The van der Waals surface area contributed by atoms with Crippen LogP contribution in [0.3, 0.4) is 0 Å². The van der Waals surface area contributed by atoms with Crippen LogP contribution in [0.5, 0.6) is 5.75 Å². The summed E-state index contributed by atoms with van der Waals surface area (Å²) in [7, 11) is 1.64. The second-order valence-corrected chi connectivity index (χ2v) is 10.6. The number of aromatic nitrogens is 3. The van der Waals surface area contributed by atoms with Crippen molar-refractivity contribution >= 4 is 45.5 Å². The lowest BCUT2D eigenvalue weighted by molar-refractivity contribution is -0.122. The molecular weight excluding hydrogens is 518 g/mol. The van der Waals surface area contributed by atoms with Crippen LogP contribution in [0, 0.1) is 13.8 Å². The van der Waals surface area contributed by atoms with Crippen molar-refractivity contribution in [2.24, 2.45) is 4.99 Å². The van der Waals surface area contributed by atoms with Gasteiger partial charge in [-0.15, -0.1) is 0 Å². The van der Waals surface area contributed by atoms with Crippen LogP contribution >= 0.6 is 11.8 Å². The van der Waals surface area contributed by atoms with E-state index in [0.717, 1.165) is 39.7 Å². The van der Waals surface area contributed by atoms with E-state index in [9.17, 15) is 4.79 Å². The van der Waals surface area contributed by atoms with E-state index in [1.165, 1.54) is 22.7 Å². The fourth-order valence-electron chi connectivity index (χ4n) is 5.04. The van der Waals surface area contributed by atoms with Gasteiger partial charge < -0.3 is 14.3 Å². The smallest absolute Gasteiger partial charge is 0.266 e. The number of aromatic amines is 1. The van der Waals surface area contributed by atoms with Gasteiger partial charge in [-0.1, -0.05) is 24.3 Å². The number of nitrogens with one attached hydrogen (secondary N) is 1. The molecule has 2 aromatic carbocycles.